The zero-order chi connectivity index (χ0) is 11.5. The number of aliphatic hydroxyl groups excluding tert-OH is 1. The first kappa shape index (κ1) is 11.5. The fourth-order valence-electron chi connectivity index (χ4n) is 1.57. The van der Waals surface area contributed by atoms with Crippen molar-refractivity contribution in [2.75, 3.05) is 6.61 Å². The van der Waals surface area contributed by atoms with Gasteiger partial charge in [0.2, 0.25) is 5.89 Å². The Bertz CT molecular complexity index is 334. The van der Waals surface area contributed by atoms with E-state index in [9.17, 15) is 0 Å². The highest BCUT2D eigenvalue weighted by Gasteiger charge is 2.29. The fourth-order valence-corrected chi connectivity index (χ4v) is 1.57. The predicted octanol–water partition coefficient (Wildman–Crippen LogP) is 1.05. The van der Waals surface area contributed by atoms with Gasteiger partial charge in [0.1, 0.15) is 0 Å². The molecule has 1 fully saturated rings. The van der Waals surface area contributed by atoms with Crippen molar-refractivity contribution in [3.8, 4) is 0 Å². The van der Waals surface area contributed by atoms with Gasteiger partial charge in [0.05, 0.1) is 13.2 Å². The third-order valence-corrected chi connectivity index (χ3v) is 2.93. The molecule has 1 aromatic heterocycles. The normalized spacial score (nSPS) is 18.0. The molecule has 0 aromatic carbocycles. The standard InChI is InChI=1S/C11H19N3O2/c1-7(2)9(6-15)12-5-10-13-11(16-14-10)8-3-4-8/h7-9,12,15H,3-6H2,1-2H3/t9-/m1/s1. The molecular weight excluding hydrogens is 206 g/mol. The van der Waals surface area contributed by atoms with E-state index in [-0.39, 0.29) is 12.6 Å². The summed E-state index contributed by atoms with van der Waals surface area (Å²) in [5.41, 5.74) is 0. The molecular formula is C11H19N3O2. The van der Waals surface area contributed by atoms with Gasteiger partial charge in [-0.25, -0.2) is 0 Å². The van der Waals surface area contributed by atoms with E-state index in [0.29, 0.717) is 24.2 Å². The summed E-state index contributed by atoms with van der Waals surface area (Å²) >= 11 is 0. The molecule has 1 aliphatic carbocycles. The van der Waals surface area contributed by atoms with Crippen LogP contribution in [0.5, 0.6) is 0 Å². The van der Waals surface area contributed by atoms with Crippen molar-refractivity contribution < 1.29 is 9.63 Å². The molecule has 1 saturated carbocycles. The van der Waals surface area contributed by atoms with Crippen LogP contribution in [0.4, 0.5) is 0 Å². The lowest BCUT2D eigenvalue weighted by molar-refractivity contribution is 0.209. The van der Waals surface area contributed by atoms with Crippen LogP contribution in [0.25, 0.3) is 0 Å². The Kier molecular flexibility index (Phi) is 3.56. The van der Waals surface area contributed by atoms with E-state index in [4.69, 9.17) is 9.63 Å². The van der Waals surface area contributed by atoms with E-state index in [1.54, 1.807) is 0 Å². The minimum absolute atomic E-state index is 0.0860. The summed E-state index contributed by atoms with van der Waals surface area (Å²) in [4.78, 5) is 4.32. The summed E-state index contributed by atoms with van der Waals surface area (Å²) in [5.74, 6) is 2.34. The van der Waals surface area contributed by atoms with Gasteiger partial charge in [0.25, 0.3) is 0 Å². The van der Waals surface area contributed by atoms with E-state index in [0.717, 1.165) is 5.89 Å². The number of aromatic nitrogens is 2. The lowest BCUT2D eigenvalue weighted by Crippen LogP contribution is -2.36. The molecule has 1 heterocycles. The maximum Gasteiger partial charge on any atom is 0.229 e. The van der Waals surface area contributed by atoms with Crippen LogP contribution < -0.4 is 5.32 Å². The minimum atomic E-state index is 0.0860. The zero-order valence-corrected chi connectivity index (χ0v) is 9.81. The van der Waals surface area contributed by atoms with E-state index in [1.807, 2.05) is 0 Å². The van der Waals surface area contributed by atoms with E-state index >= 15 is 0 Å². The summed E-state index contributed by atoms with van der Waals surface area (Å²) in [6.07, 6.45) is 2.33. The Hall–Kier alpha value is -0.940. The van der Waals surface area contributed by atoms with Crippen LogP contribution in [-0.4, -0.2) is 27.9 Å². The van der Waals surface area contributed by atoms with Crippen molar-refractivity contribution in [2.24, 2.45) is 5.92 Å². The highest BCUT2D eigenvalue weighted by Crippen LogP contribution is 2.38. The second-order valence-corrected chi connectivity index (χ2v) is 4.74. The molecule has 1 aliphatic rings. The molecule has 0 radical (unpaired) electrons. The summed E-state index contributed by atoms with van der Waals surface area (Å²) in [7, 11) is 0. The van der Waals surface area contributed by atoms with Crippen LogP contribution in [0.2, 0.25) is 0 Å². The van der Waals surface area contributed by atoms with Crippen molar-refractivity contribution in [2.45, 2.75) is 45.2 Å². The molecule has 0 spiro atoms. The van der Waals surface area contributed by atoms with Gasteiger partial charge in [-0.1, -0.05) is 19.0 Å². The van der Waals surface area contributed by atoms with E-state index in [1.165, 1.54) is 12.8 Å². The Morgan fingerprint density at radius 1 is 1.50 bits per heavy atom. The first-order valence-corrected chi connectivity index (χ1v) is 5.87. The van der Waals surface area contributed by atoms with Crippen molar-refractivity contribution in [1.82, 2.24) is 15.5 Å². The molecule has 0 bridgehead atoms. The quantitative estimate of drug-likeness (QED) is 0.757. The fraction of sp³-hybridized carbons (Fsp3) is 0.818. The topological polar surface area (TPSA) is 71.2 Å². The van der Waals surface area contributed by atoms with Gasteiger partial charge in [0, 0.05) is 12.0 Å². The Labute approximate surface area is 95.2 Å². The molecule has 16 heavy (non-hydrogen) atoms. The van der Waals surface area contributed by atoms with Gasteiger partial charge in [-0.15, -0.1) is 0 Å². The smallest absolute Gasteiger partial charge is 0.229 e. The van der Waals surface area contributed by atoms with Crippen molar-refractivity contribution in [3.63, 3.8) is 0 Å². The van der Waals surface area contributed by atoms with Crippen molar-refractivity contribution in [1.29, 1.82) is 0 Å². The molecule has 5 nitrogen and oxygen atoms in total. The molecule has 1 atom stereocenters. The van der Waals surface area contributed by atoms with Crippen molar-refractivity contribution >= 4 is 0 Å². The predicted molar refractivity (Wildman–Crippen MR) is 58.8 cm³/mol. The molecule has 5 heteroatoms. The Balaban J connectivity index is 1.83. The van der Waals surface area contributed by atoms with Crippen molar-refractivity contribution in [3.05, 3.63) is 11.7 Å². The van der Waals surface area contributed by atoms with Gasteiger partial charge in [-0.3, -0.25) is 0 Å². The van der Waals surface area contributed by atoms with Crippen LogP contribution in [0.1, 0.15) is 44.3 Å². The molecule has 0 amide bonds. The summed E-state index contributed by atoms with van der Waals surface area (Å²) in [6, 6.07) is 0.0860. The van der Waals surface area contributed by atoms with Crippen LogP contribution in [-0.2, 0) is 6.54 Å². The number of aliphatic hydroxyl groups is 1. The average Bonchev–Trinajstić information content (AvgIpc) is 3.00. The van der Waals surface area contributed by atoms with Gasteiger partial charge >= 0.3 is 0 Å². The van der Waals surface area contributed by atoms with Crippen LogP contribution in [0.15, 0.2) is 4.52 Å². The monoisotopic (exact) mass is 225 g/mol. The number of rotatable bonds is 6. The first-order chi connectivity index (χ1) is 7.70. The second-order valence-electron chi connectivity index (χ2n) is 4.74. The maximum atomic E-state index is 9.15. The molecule has 2 N–H and O–H groups in total. The Morgan fingerprint density at radius 3 is 2.81 bits per heavy atom. The summed E-state index contributed by atoms with van der Waals surface area (Å²) in [5, 5.41) is 16.3. The highest BCUT2D eigenvalue weighted by molar-refractivity contribution is 5.01. The molecule has 1 aromatic rings. The third kappa shape index (κ3) is 2.80. The molecule has 90 valence electrons. The number of nitrogens with zero attached hydrogens (tertiary/aromatic N) is 2. The first-order valence-electron chi connectivity index (χ1n) is 5.87. The van der Waals surface area contributed by atoms with E-state index < -0.39 is 0 Å². The zero-order valence-electron chi connectivity index (χ0n) is 9.81. The molecule has 0 aliphatic heterocycles. The summed E-state index contributed by atoms with van der Waals surface area (Å²) < 4.78 is 5.15. The lowest BCUT2D eigenvalue weighted by atomic mass is 10.1. The Morgan fingerprint density at radius 2 is 2.25 bits per heavy atom. The summed E-state index contributed by atoms with van der Waals surface area (Å²) in [6.45, 7) is 4.82. The van der Waals surface area contributed by atoms with Crippen LogP contribution in [0, 0.1) is 5.92 Å². The third-order valence-electron chi connectivity index (χ3n) is 2.93. The van der Waals surface area contributed by atoms with E-state index in [2.05, 4.69) is 29.3 Å². The van der Waals surface area contributed by atoms with Gasteiger partial charge in [-0.2, -0.15) is 4.98 Å². The molecule has 0 saturated heterocycles. The molecule has 2 rings (SSSR count). The average molecular weight is 225 g/mol. The van der Waals surface area contributed by atoms with Gasteiger partial charge in [-0.05, 0) is 18.8 Å². The lowest BCUT2D eigenvalue weighted by Gasteiger charge is -2.18. The van der Waals surface area contributed by atoms with Crippen LogP contribution in [0.3, 0.4) is 0 Å². The largest absolute Gasteiger partial charge is 0.395 e. The number of nitrogens with one attached hydrogen (secondary N) is 1. The van der Waals surface area contributed by atoms with Crippen LogP contribution >= 0.6 is 0 Å². The van der Waals surface area contributed by atoms with Gasteiger partial charge < -0.3 is 14.9 Å². The SMILES string of the molecule is CC(C)[C@@H](CO)NCc1noc(C2CC2)n1. The molecule has 0 unspecified atom stereocenters. The number of hydrogen-bond acceptors (Lipinski definition) is 5. The minimum Gasteiger partial charge on any atom is -0.395 e. The number of hydrogen-bond donors (Lipinski definition) is 2. The highest BCUT2D eigenvalue weighted by atomic mass is 16.5. The van der Waals surface area contributed by atoms with Gasteiger partial charge in [0.15, 0.2) is 5.82 Å². The second kappa shape index (κ2) is 4.93. The maximum absolute atomic E-state index is 9.15.